The zero-order valence-corrected chi connectivity index (χ0v) is 11.8. The standard InChI is InChI=1S/C17H13ClFN/c1-11-8-14-9-15(19)6-7-16(14)20-17(11)13-4-2-12(10-18)3-5-13/h2-9H,10H2,1H3. The number of alkyl halides is 1. The summed E-state index contributed by atoms with van der Waals surface area (Å²) in [6, 6.07) is 14.7. The van der Waals surface area contributed by atoms with E-state index in [2.05, 4.69) is 4.98 Å². The highest BCUT2D eigenvalue weighted by molar-refractivity contribution is 6.17. The van der Waals surface area contributed by atoms with E-state index in [1.165, 1.54) is 12.1 Å². The fraction of sp³-hybridized carbons (Fsp3) is 0.118. The lowest BCUT2D eigenvalue weighted by Gasteiger charge is -2.08. The Morgan fingerprint density at radius 2 is 1.80 bits per heavy atom. The molecular weight excluding hydrogens is 273 g/mol. The van der Waals surface area contributed by atoms with Crippen molar-refractivity contribution < 1.29 is 4.39 Å². The van der Waals surface area contributed by atoms with E-state index in [0.717, 1.165) is 33.3 Å². The number of benzene rings is 2. The van der Waals surface area contributed by atoms with Crippen LogP contribution in [0.2, 0.25) is 0 Å². The van der Waals surface area contributed by atoms with Crippen LogP contribution in [0.5, 0.6) is 0 Å². The monoisotopic (exact) mass is 285 g/mol. The molecule has 0 fully saturated rings. The van der Waals surface area contributed by atoms with E-state index in [4.69, 9.17) is 11.6 Å². The van der Waals surface area contributed by atoms with Gasteiger partial charge in [-0.3, -0.25) is 0 Å². The molecule has 0 saturated heterocycles. The Bertz CT molecular complexity index is 766. The summed E-state index contributed by atoms with van der Waals surface area (Å²) in [5, 5.41) is 0.823. The predicted molar refractivity (Wildman–Crippen MR) is 81.4 cm³/mol. The van der Waals surface area contributed by atoms with E-state index in [-0.39, 0.29) is 5.82 Å². The van der Waals surface area contributed by atoms with Crippen LogP contribution in [0, 0.1) is 12.7 Å². The molecule has 0 aliphatic rings. The maximum atomic E-state index is 13.2. The molecule has 2 aromatic carbocycles. The minimum absolute atomic E-state index is 0.238. The molecule has 0 saturated carbocycles. The van der Waals surface area contributed by atoms with Gasteiger partial charge in [-0.05, 0) is 42.3 Å². The van der Waals surface area contributed by atoms with Crippen molar-refractivity contribution in [1.29, 1.82) is 0 Å². The molecule has 0 unspecified atom stereocenters. The third-order valence-electron chi connectivity index (χ3n) is 3.35. The maximum Gasteiger partial charge on any atom is 0.123 e. The maximum absolute atomic E-state index is 13.2. The number of pyridine rings is 1. The zero-order valence-electron chi connectivity index (χ0n) is 11.0. The van der Waals surface area contributed by atoms with Gasteiger partial charge in [0.15, 0.2) is 0 Å². The summed E-state index contributed by atoms with van der Waals surface area (Å²) in [4.78, 5) is 4.64. The molecule has 0 atom stereocenters. The lowest BCUT2D eigenvalue weighted by atomic mass is 10.0. The highest BCUT2D eigenvalue weighted by Crippen LogP contribution is 2.26. The van der Waals surface area contributed by atoms with Gasteiger partial charge >= 0.3 is 0 Å². The van der Waals surface area contributed by atoms with Gasteiger partial charge in [0.25, 0.3) is 0 Å². The molecule has 1 aromatic heterocycles. The van der Waals surface area contributed by atoms with Gasteiger partial charge in [-0.25, -0.2) is 9.37 Å². The van der Waals surface area contributed by atoms with Gasteiger partial charge in [0, 0.05) is 16.8 Å². The molecule has 0 aliphatic heterocycles. The molecule has 3 heteroatoms. The first-order valence-electron chi connectivity index (χ1n) is 6.39. The lowest BCUT2D eigenvalue weighted by molar-refractivity contribution is 0.629. The van der Waals surface area contributed by atoms with Crippen LogP contribution in [0.1, 0.15) is 11.1 Å². The fourth-order valence-corrected chi connectivity index (χ4v) is 2.48. The predicted octanol–water partition coefficient (Wildman–Crippen LogP) is 5.09. The van der Waals surface area contributed by atoms with Gasteiger partial charge in [-0.15, -0.1) is 11.6 Å². The Balaban J connectivity index is 2.14. The third kappa shape index (κ3) is 2.39. The summed E-state index contributed by atoms with van der Waals surface area (Å²) in [6.07, 6.45) is 0. The normalized spacial score (nSPS) is 10.9. The van der Waals surface area contributed by atoms with Gasteiger partial charge < -0.3 is 0 Å². The summed E-state index contributed by atoms with van der Waals surface area (Å²) >= 11 is 5.80. The Hall–Kier alpha value is -1.93. The molecule has 0 radical (unpaired) electrons. The SMILES string of the molecule is Cc1cc2cc(F)ccc2nc1-c1ccc(CCl)cc1. The lowest BCUT2D eigenvalue weighted by Crippen LogP contribution is -1.91. The van der Waals surface area contributed by atoms with Crippen molar-refractivity contribution in [2.24, 2.45) is 0 Å². The second-order valence-corrected chi connectivity index (χ2v) is 5.09. The fourth-order valence-electron chi connectivity index (χ4n) is 2.30. The molecular formula is C17H13ClFN. The van der Waals surface area contributed by atoms with E-state index in [1.807, 2.05) is 37.3 Å². The number of rotatable bonds is 2. The highest BCUT2D eigenvalue weighted by atomic mass is 35.5. The van der Waals surface area contributed by atoms with Crippen LogP contribution in [0.4, 0.5) is 4.39 Å². The Morgan fingerprint density at radius 3 is 2.50 bits per heavy atom. The molecule has 0 amide bonds. The third-order valence-corrected chi connectivity index (χ3v) is 3.66. The van der Waals surface area contributed by atoms with Crippen molar-refractivity contribution in [2.75, 3.05) is 0 Å². The summed E-state index contributed by atoms with van der Waals surface area (Å²) in [7, 11) is 0. The molecule has 0 N–H and O–H groups in total. The first-order valence-corrected chi connectivity index (χ1v) is 6.93. The van der Waals surface area contributed by atoms with Crippen molar-refractivity contribution in [3.63, 3.8) is 0 Å². The number of hydrogen-bond donors (Lipinski definition) is 0. The Labute approximate surface area is 122 Å². The van der Waals surface area contributed by atoms with Crippen LogP contribution in [0.3, 0.4) is 0 Å². The van der Waals surface area contributed by atoms with Gasteiger partial charge in [-0.1, -0.05) is 24.3 Å². The van der Waals surface area contributed by atoms with Crippen LogP contribution in [0.15, 0.2) is 48.5 Å². The molecule has 3 rings (SSSR count). The van der Waals surface area contributed by atoms with Crippen molar-refractivity contribution in [1.82, 2.24) is 4.98 Å². The number of hydrogen-bond acceptors (Lipinski definition) is 1. The number of halogens is 2. The van der Waals surface area contributed by atoms with Crippen LogP contribution >= 0.6 is 11.6 Å². The minimum Gasteiger partial charge on any atom is -0.248 e. The average molecular weight is 286 g/mol. The van der Waals surface area contributed by atoms with E-state index < -0.39 is 0 Å². The Morgan fingerprint density at radius 1 is 1.05 bits per heavy atom. The number of nitrogens with zero attached hydrogens (tertiary/aromatic N) is 1. The summed E-state index contributed by atoms with van der Waals surface area (Å²) < 4.78 is 13.2. The zero-order chi connectivity index (χ0) is 14.1. The number of aromatic nitrogens is 1. The second kappa shape index (κ2) is 5.22. The summed E-state index contributed by atoms with van der Waals surface area (Å²) in [6.45, 7) is 1.99. The molecule has 1 heterocycles. The highest BCUT2D eigenvalue weighted by Gasteiger charge is 2.07. The van der Waals surface area contributed by atoms with Gasteiger partial charge in [0.05, 0.1) is 11.2 Å². The first kappa shape index (κ1) is 13.1. The largest absolute Gasteiger partial charge is 0.248 e. The smallest absolute Gasteiger partial charge is 0.123 e. The summed E-state index contributed by atoms with van der Waals surface area (Å²) in [5.41, 5.74) is 4.87. The van der Waals surface area contributed by atoms with Gasteiger partial charge in [0.1, 0.15) is 5.82 Å². The molecule has 0 spiro atoms. The van der Waals surface area contributed by atoms with Gasteiger partial charge in [0.2, 0.25) is 0 Å². The van der Waals surface area contributed by atoms with Crippen LogP contribution in [-0.2, 0) is 5.88 Å². The van der Waals surface area contributed by atoms with E-state index in [0.29, 0.717) is 5.88 Å². The topological polar surface area (TPSA) is 12.9 Å². The van der Waals surface area contributed by atoms with Crippen LogP contribution in [-0.4, -0.2) is 4.98 Å². The number of aryl methyl sites for hydroxylation is 1. The molecule has 100 valence electrons. The molecule has 3 aromatic rings. The Kier molecular flexibility index (Phi) is 3.41. The number of fused-ring (bicyclic) bond motifs is 1. The van der Waals surface area contributed by atoms with Crippen molar-refractivity contribution in [3.05, 3.63) is 65.5 Å². The molecule has 0 aliphatic carbocycles. The average Bonchev–Trinajstić information content (AvgIpc) is 2.46. The van der Waals surface area contributed by atoms with Crippen molar-refractivity contribution >= 4 is 22.5 Å². The molecule has 0 bridgehead atoms. The van der Waals surface area contributed by atoms with Crippen LogP contribution < -0.4 is 0 Å². The van der Waals surface area contributed by atoms with Crippen molar-refractivity contribution in [2.45, 2.75) is 12.8 Å². The quantitative estimate of drug-likeness (QED) is 0.598. The first-order chi connectivity index (χ1) is 9.67. The minimum atomic E-state index is -0.238. The van der Waals surface area contributed by atoms with Crippen LogP contribution in [0.25, 0.3) is 22.2 Å². The molecule has 20 heavy (non-hydrogen) atoms. The van der Waals surface area contributed by atoms with Crippen molar-refractivity contribution in [3.8, 4) is 11.3 Å². The summed E-state index contributed by atoms with van der Waals surface area (Å²) in [5.74, 6) is 0.266. The van der Waals surface area contributed by atoms with E-state index >= 15 is 0 Å². The molecule has 1 nitrogen and oxygen atoms in total. The second-order valence-electron chi connectivity index (χ2n) is 4.82. The van der Waals surface area contributed by atoms with E-state index in [1.54, 1.807) is 6.07 Å². The van der Waals surface area contributed by atoms with Gasteiger partial charge in [-0.2, -0.15) is 0 Å². The van der Waals surface area contributed by atoms with E-state index in [9.17, 15) is 4.39 Å².